The van der Waals surface area contributed by atoms with Crippen molar-refractivity contribution in [1.82, 2.24) is 10.6 Å². The summed E-state index contributed by atoms with van der Waals surface area (Å²) < 4.78 is 62.7. The van der Waals surface area contributed by atoms with Gasteiger partial charge in [0.05, 0.1) is 25.2 Å². The number of benzene rings is 1. The van der Waals surface area contributed by atoms with Crippen LogP contribution in [-0.2, 0) is 11.0 Å². The van der Waals surface area contributed by atoms with E-state index in [1.807, 2.05) is 5.32 Å². The third-order valence-electron chi connectivity index (χ3n) is 2.73. The van der Waals surface area contributed by atoms with E-state index < -0.39 is 49.1 Å². The van der Waals surface area contributed by atoms with Crippen LogP contribution in [0.15, 0.2) is 24.3 Å². The summed E-state index contributed by atoms with van der Waals surface area (Å²) in [5, 5.41) is 3.98. The average Bonchev–Trinajstić information content (AvgIpc) is 2.50. The van der Waals surface area contributed by atoms with Crippen LogP contribution in [0.25, 0.3) is 0 Å². The molecule has 1 aromatic rings. The lowest BCUT2D eigenvalue weighted by Gasteiger charge is -2.14. The first kappa shape index (κ1) is 22.1. The Morgan fingerprint density at radius 3 is 2.00 bits per heavy atom. The minimum absolute atomic E-state index is 0. The molecule has 1 rings (SSSR count). The van der Waals surface area contributed by atoms with E-state index in [0.29, 0.717) is 0 Å². The Morgan fingerprint density at radius 2 is 1.54 bits per heavy atom. The Balaban J connectivity index is 0.00000529. The third-order valence-corrected chi connectivity index (χ3v) is 2.73. The monoisotopic (exact) mass is 375 g/mol. The minimum atomic E-state index is -4.52. The predicted octanol–water partition coefficient (Wildman–Crippen LogP) is 1.57. The average molecular weight is 376 g/mol. The number of alkyl halides is 5. The quantitative estimate of drug-likeness (QED) is 0.660. The largest absolute Gasteiger partial charge is 0.416 e. The van der Waals surface area contributed by atoms with Crippen molar-refractivity contribution in [3.05, 3.63) is 35.4 Å². The molecule has 0 spiro atoms. The number of hydrogen-bond acceptors (Lipinski definition) is 3. The molecule has 0 radical (unpaired) electrons. The highest BCUT2D eigenvalue weighted by atomic mass is 35.5. The fourth-order valence-electron chi connectivity index (χ4n) is 1.44. The van der Waals surface area contributed by atoms with Crippen LogP contribution in [0.3, 0.4) is 0 Å². The Hall–Kier alpha value is -1.94. The van der Waals surface area contributed by atoms with Gasteiger partial charge in [0.15, 0.2) is 0 Å². The van der Waals surface area contributed by atoms with Crippen LogP contribution in [0, 0.1) is 0 Å². The molecule has 2 amide bonds. The zero-order valence-corrected chi connectivity index (χ0v) is 12.9. The zero-order chi connectivity index (χ0) is 17.7. The molecular weight excluding hydrogens is 361 g/mol. The molecule has 11 heteroatoms. The van der Waals surface area contributed by atoms with Crippen molar-refractivity contribution in [3.63, 3.8) is 0 Å². The van der Waals surface area contributed by atoms with Crippen LogP contribution >= 0.6 is 12.4 Å². The van der Waals surface area contributed by atoms with E-state index >= 15 is 0 Å². The first-order valence-electron chi connectivity index (χ1n) is 6.35. The Morgan fingerprint density at radius 1 is 1.00 bits per heavy atom. The van der Waals surface area contributed by atoms with Crippen LogP contribution in [0.5, 0.6) is 0 Å². The molecule has 5 nitrogen and oxygen atoms in total. The maximum atomic E-state index is 12.8. The summed E-state index contributed by atoms with van der Waals surface area (Å²) in [6.45, 7) is -2.51. The van der Waals surface area contributed by atoms with Crippen molar-refractivity contribution in [3.8, 4) is 0 Å². The number of hydrogen-bond donors (Lipinski definition) is 3. The minimum Gasteiger partial charge on any atom is -0.348 e. The number of carbonyl (C=O) groups excluding carboxylic acids is 2. The lowest BCUT2D eigenvalue weighted by Crippen LogP contribution is -2.45. The van der Waals surface area contributed by atoms with Crippen molar-refractivity contribution >= 4 is 24.2 Å². The SMILES string of the molecule is Cl.NCC(F)(F)CNC(=O)CNC(=O)c1ccc(C(F)(F)F)cc1. The highest BCUT2D eigenvalue weighted by molar-refractivity contribution is 5.96. The van der Waals surface area contributed by atoms with Gasteiger partial charge < -0.3 is 16.4 Å². The number of halogens is 6. The molecule has 0 saturated carbocycles. The van der Waals surface area contributed by atoms with Gasteiger partial charge >= 0.3 is 6.18 Å². The van der Waals surface area contributed by atoms with Gasteiger partial charge in [-0.25, -0.2) is 8.78 Å². The van der Waals surface area contributed by atoms with E-state index in [0.717, 1.165) is 24.3 Å². The number of rotatable bonds is 6. The van der Waals surface area contributed by atoms with Gasteiger partial charge in [0, 0.05) is 5.56 Å². The number of nitrogens with two attached hydrogens (primary N) is 1. The summed E-state index contributed by atoms with van der Waals surface area (Å²) in [5.41, 5.74) is 3.76. The molecule has 136 valence electrons. The molecule has 1 aromatic carbocycles. The van der Waals surface area contributed by atoms with Crippen LogP contribution in [-0.4, -0.2) is 37.4 Å². The molecule has 0 saturated heterocycles. The number of nitrogens with one attached hydrogen (secondary N) is 2. The molecule has 0 bridgehead atoms. The van der Waals surface area contributed by atoms with Gasteiger partial charge in [0.25, 0.3) is 11.8 Å². The summed E-state index contributed by atoms with van der Waals surface area (Å²) in [5.74, 6) is -4.94. The summed E-state index contributed by atoms with van der Waals surface area (Å²) in [7, 11) is 0. The lowest BCUT2D eigenvalue weighted by atomic mass is 10.1. The second kappa shape index (κ2) is 8.78. The van der Waals surface area contributed by atoms with Gasteiger partial charge in [-0.05, 0) is 24.3 Å². The molecule has 0 atom stereocenters. The van der Waals surface area contributed by atoms with E-state index in [1.54, 1.807) is 0 Å². The van der Waals surface area contributed by atoms with Gasteiger partial charge in [-0.1, -0.05) is 0 Å². The topological polar surface area (TPSA) is 84.2 Å². The molecule has 4 N–H and O–H groups in total. The van der Waals surface area contributed by atoms with E-state index in [4.69, 9.17) is 5.73 Å². The second-order valence-electron chi connectivity index (χ2n) is 4.59. The smallest absolute Gasteiger partial charge is 0.348 e. The Kier molecular flexibility index (Phi) is 8.07. The highest BCUT2D eigenvalue weighted by Crippen LogP contribution is 2.29. The normalized spacial score (nSPS) is 11.4. The molecule has 0 heterocycles. The molecular formula is C13H15ClF5N3O2. The van der Waals surface area contributed by atoms with E-state index in [9.17, 15) is 31.5 Å². The van der Waals surface area contributed by atoms with Gasteiger partial charge in [-0.2, -0.15) is 13.2 Å². The lowest BCUT2D eigenvalue weighted by molar-refractivity contribution is -0.137. The van der Waals surface area contributed by atoms with Crippen molar-refractivity contribution in [2.75, 3.05) is 19.6 Å². The molecule has 0 fully saturated rings. The first-order valence-corrected chi connectivity index (χ1v) is 6.35. The van der Waals surface area contributed by atoms with Crippen molar-refractivity contribution in [2.24, 2.45) is 5.73 Å². The predicted molar refractivity (Wildman–Crippen MR) is 78.0 cm³/mol. The number of carbonyl (C=O) groups is 2. The molecule has 0 aromatic heterocycles. The van der Waals surface area contributed by atoms with Crippen molar-refractivity contribution in [2.45, 2.75) is 12.1 Å². The number of amides is 2. The summed E-state index contributed by atoms with van der Waals surface area (Å²) in [4.78, 5) is 22.9. The van der Waals surface area contributed by atoms with E-state index in [1.165, 1.54) is 0 Å². The van der Waals surface area contributed by atoms with Crippen LogP contribution in [0.2, 0.25) is 0 Å². The van der Waals surface area contributed by atoms with Gasteiger partial charge in [0.1, 0.15) is 0 Å². The molecule has 0 aliphatic rings. The maximum absolute atomic E-state index is 12.8. The molecule has 0 aliphatic carbocycles. The van der Waals surface area contributed by atoms with Crippen molar-refractivity contribution in [1.29, 1.82) is 0 Å². The maximum Gasteiger partial charge on any atom is 0.416 e. The van der Waals surface area contributed by atoms with E-state index in [2.05, 4.69) is 5.32 Å². The molecule has 0 unspecified atom stereocenters. The summed E-state index contributed by atoms with van der Waals surface area (Å²) >= 11 is 0. The summed E-state index contributed by atoms with van der Waals surface area (Å²) in [6.07, 6.45) is -4.52. The Bertz CT molecular complexity index is 564. The first-order chi connectivity index (χ1) is 10.5. The van der Waals surface area contributed by atoms with Gasteiger partial charge in [-0.15, -0.1) is 12.4 Å². The van der Waals surface area contributed by atoms with Crippen LogP contribution in [0.1, 0.15) is 15.9 Å². The van der Waals surface area contributed by atoms with Crippen LogP contribution in [0.4, 0.5) is 22.0 Å². The summed E-state index contributed by atoms with van der Waals surface area (Å²) in [6, 6.07) is 3.32. The van der Waals surface area contributed by atoms with Crippen molar-refractivity contribution < 1.29 is 31.5 Å². The third kappa shape index (κ3) is 7.09. The standard InChI is InChI=1S/C13H14F5N3O2.ClH/c14-12(15,6-19)7-21-10(22)5-20-11(23)8-1-3-9(4-2-8)13(16,17)18;/h1-4H,5-7,19H2,(H,20,23)(H,21,22);1H. The van der Waals surface area contributed by atoms with Gasteiger partial charge in [0.2, 0.25) is 5.91 Å². The van der Waals surface area contributed by atoms with Crippen LogP contribution < -0.4 is 16.4 Å². The fourth-order valence-corrected chi connectivity index (χ4v) is 1.44. The highest BCUT2D eigenvalue weighted by Gasteiger charge is 2.30. The molecule has 0 aliphatic heterocycles. The van der Waals surface area contributed by atoms with Gasteiger partial charge in [-0.3, -0.25) is 9.59 Å². The fraction of sp³-hybridized carbons (Fsp3) is 0.385. The Labute approximate surface area is 140 Å². The second-order valence-corrected chi connectivity index (χ2v) is 4.59. The zero-order valence-electron chi connectivity index (χ0n) is 12.1. The molecule has 24 heavy (non-hydrogen) atoms. The van der Waals surface area contributed by atoms with E-state index in [-0.39, 0.29) is 18.0 Å².